The summed E-state index contributed by atoms with van der Waals surface area (Å²) in [5, 5.41) is 9.01. The molecule has 0 aromatic rings. The smallest absolute Gasteiger partial charge is 0.0512 e. The van der Waals surface area contributed by atoms with Crippen LogP contribution in [0.1, 0.15) is 45.4 Å². The molecule has 1 fully saturated rings. The summed E-state index contributed by atoms with van der Waals surface area (Å²) in [6.07, 6.45) is 7.83. The van der Waals surface area contributed by atoms with E-state index in [0.29, 0.717) is 0 Å². The first kappa shape index (κ1) is 8.06. The van der Waals surface area contributed by atoms with Gasteiger partial charge in [-0.05, 0) is 25.7 Å². The SMILES string of the molecule is C[C@@H](O)CCC1CCCC1. The quantitative estimate of drug-likeness (QED) is 0.641. The Hall–Kier alpha value is -0.0400. The van der Waals surface area contributed by atoms with Gasteiger partial charge >= 0.3 is 0 Å². The molecule has 1 atom stereocenters. The van der Waals surface area contributed by atoms with Gasteiger partial charge in [-0.25, -0.2) is 0 Å². The molecule has 1 heteroatoms. The minimum Gasteiger partial charge on any atom is -0.393 e. The van der Waals surface area contributed by atoms with E-state index in [9.17, 15) is 0 Å². The molecule has 0 amide bonds. The summed E-state index contributed by atoms with van der Waals surface area (Å²) in [6, 6.07) is 0. The highest BCUT2D eigenvalue weighted by Crippen LogP contribution is 2.28. The molecule has 10 heavy (non-hydrogen) atoms. The molecule has 1 rings (SSSR count). The van der Waals surface area contributed by atoms with Crippen LogP contribution in [0.5, 0.6) is 0 Å². The summed E-state index contributed by atoms with van der Waals surface area (Å²) >= 11 is 0. The Morgan fingerprint density at radius 3 is 2.50 bits per heavy atom. The number of aliphatic hydroxyl groups is 1. The van der Waals surface area contributed by atoms with Crippen molar-refractivity contribution in [1.82, 2.24) is 0 Å². The van der Waals surface area contributed by atoms with Crippen molar-refractivity contribution in [2.24, 2.45) is 5.92 Å². The molecule has 0 aromatic heterocycles. The van der Waals surface area contributed by atoms with Crippen molar-refractivity contribution in [3.05, 3.63) is 0 Å². The molecule has 1 N–H and O–H groups in total. The lowest BCUT2D eigenvalue weighted by Gasteiger charge is -2.09. The van der Waals surface area contributed by atoms with Crippen LogP contribution in [-0.2, 0) is 0 Å². The second-order valence-electron chi connectivity index (χ2n) is 3.58. The highest BCUT2D eigenvalue weighted by molar-refractivity contribution is 4.67. The molecule has 1 aliphatic rings. The van der Waals surface area contributed by atoms with Crippen LogP contribution in [0.15, 0.2) is 0 Å². The van der Waals surface area contributed by atoms with E-state index in [0.717, 1.165) is 12.3 Å². The van der Waals surface area contributed by atoms with E-state index in [-0.39, 0.29) is 6.10 Å². The van der Waals surface area contributed by atoms with E-state index in [2.05, 4.69) is 0 Å². The van der Waals surface area contributed by atoms with Gasteiger partial charge in [0.25, 0.3) is 0 Å². The Bertz CT molecular complexity index is 82.7. The van der Waals surface area contributed by atoms with Gasteiger partial charge in [0.15, 0.2) is 0 Å². The Balaban J connectivity index is 2.01. The normalized spacial score (nSPS) is 23.4. The number of aliphatic hydroxyl groups excluding tert-OH is 1. The predicted molar refractivity (Wildman–Crippen MR) is 42.9 cm³/mol. The average molecular weight is 142 g/mol. The van der Waals surface area contributed by atoms with Crippen LogP contribution in [0, 0.1) is 5.92 Å². The fourth-order valence-corrected chi connectivity index (χ4v) is 1.78. The van der Waals surface area contributed by atoms with Crippen LogP contribution < -0.4 is 0 Å². The fraction of sp³-hybridized carbons (Fsp3) is 1.00. The molecular formula is C9H18O. The Labute approximate surface area is 63.4 Å². The number of hydrogen-bond donors (Lipinski definition) is 1. The van der Waals surface area contributed by atoms with Gasteiger partial charge in [0.2, 0.25) is 0 Å². The maximum atomic E-state index is 9.01. The zero-order valence-corrected chi connectivity index (χ0v) is 6.84. The number of hydrogen-bond acceptors (Lipinski definition) is 1. The van der Waals surface area contributed by atoms with Crippen molar-refractivity contribution in [3.63, 3.8) is 0 Å². The van der Waals surface area contributed by atoms with Crippen molar-refractivity contribution in [2.45, 2.75) is 51.6 Å². The fourth-order valence-electron chi connectivity index (χ4n) is 1.78. The van der Waals surface area contributed by atoms with E-state index >= 15 is 0 Å². The first-order valence-electron chi connectivity index (χ1n) is 4.47. The molecule has 0 spiro atoms. The van der Waals surface area contributed by atoms with Crippen molar-refractivity contribution in [2.75, 3.05) is 0 Å². The van der Waals surface area contributed by atoms with Gasteiger partial charge < -0.3 is 5.11 Å². The first-order valence-corrected chi connectivity index (χ1v) is 4.47. The summed E-state index contributed by atoms with van der Waals surface area (Å²) in [5.74, 6) is 0.939. The monoisotopic (exact) mass is 142 g/mol. The summed E-state index contributed by atoms with van der Waals surface area (Å²) in [7, 11) is 0. The average Bonchev–Trinajstić information content (AvgIpc) is 2.34. The highest BCUT2D eigenvalue weighted by atomic mass is 16.3. The van der Waals surface area contributed by atoms with Gasteiger partial charge in [0.05, 0.1) is 6.10 Å². The first-order chi connectivity index (χ1) is 4.79. The third-order valence-corrected chi connectivity index (χ3v) is 2.47. The lowest BCUT2D eigenvalue weighted by molar-refractivity contribution is 0.173. The summed E-state index contributed by atoms with van der Waals surface area (Å²) in [6.45, 7) is 1.88. The van der Waals surface area contributed by atoms with Gasteiger partial charge in [-0.3, -0.25) is 0 Å². The van der Waals surface area contributed by atoms with E-state index in [1.54, 1.807) is 0 Å². The Kier molecular flexibility index (Phi) is 3.20. The molecule has 1 saturated carbocycles. The van der Waals surface area contributed by atoms with Crippen molar-refractivity contribution < 1.29 is 5.11 Å². The van der Waals surface area contributed by atoms with Gasteiger partial charge in [-0.1, -0.05) is 25.7 Å². The summed E-state index contributed by atoms with van der Waals surface area (Å²) in [5.41, 5.74) is 0. The maximum Gasteiger partial charge on any atom is 0.0512 e. The van der Waals surface area contributed by atoms with Gasteiger partial charge in [-0.15, -0.1) is 0 Å². The third-order valence-electron chi connectivity index (χ3n) is 2.47. The highest BCUT2D eigenvalue weighted by Gasteiger charge is 2.14. The second kappa shape index (κ2) is 3.97. The predicted octanol–water partition coefficient (Wildman–Crippen LogP) is 2.34. The Morgan fingerprint density at radius 2 is 2.00 bits per heavy atom. The second-order valence-corrected chi connectivity index (χ2v) is 3.58. The summed E-state index contributed by atoms with van der Waals surface area (Å²) < 4.78 is 0. The number of rotatable bonds is 3. The lowest BCUT2D eigenvalue weighted by atomic mass is 10.0. The molecule has 1 aliphatic carbocycles. The molecule has 0 bridgehead atoms. The molecule has 0 heterocycles. The molecule has 0 aliphatic heterocycles. The minimum atomic E-state index is -0.0828. The molecule has 0 radical (unpaired) electrons. The molecular weight excluding hydrogens is 124 g/mol. The van der Waals surface area contributed by atoms with Gasteiger partial charge in [0, 0.05) is 0 Å². The van der Waals surface area contributed by atoms with Crippen LogP contribution in [0.3, 0.4) is 0 Å². The standard InChI is InChI=1S/C9H18O/c1-8(10)6-7-9-4-2-3-5-9/h8-10H,2-7H2,1H3/t8-/m1/s1. The molecule has 0 unspecified atom stereocenters. The van der Waals surface area contributed by atoms with E-state index in [1.807, 2.05) is 6.92 Å². The third kappa shape index (κ3) is 2.70. The molecule has 0 aromatic carbocycles. The molecule has 0 saturated heterocycles. The van der Waals surface area contributed by atoms with E-state index < -0.39 is 0 Å². The lowest BCUT2D eigenvalue weighted by Crippen LogP contribution is -2.03. The zero-order chi connectivity index (χ0) is 7.40. The van der Waals surface area contributed by atoms with Crippen molar-refractivity contribution in [3.8, 4) is 0 Å². The zero-order valence-electron chi connectivity index (χ0n) is 6.84. The van der Waals surface area contributed by atoms with Gasteiger partial charge in [-0.2, -0.15) is 0 Å². The topological polar surface area (TPSA) is 20.2 Å². The van der Waals surface area contributed by atoms with Crippen LogP contribution in [-0.4, -0.2) is 11.2 Å². The largest absolute Gasteiger partial charge is 0.393 e. The Morgan fingerprint density at radius 1 is 1.40 bits per heavy atom. The van der Waals surface area contributed by atoms with Crippen LogP contribution >= 0.6 is 0 Å². The molecule has 60 valence electrons. The van der Waals surface area contributed by atoms with E-state index in [4.69, 9.17) is 5.11 Å². The maximum absolute atomic E-state index is 9.01. The van der Waals surface area contributed by atoms with Crippen molar-refractivity contribution >= 4 is 0 Å². The molecule has 1 nitrogen and oxygen atoms in total. The van der Waals surface area contributed by atoms with Crippen LogP contribution in [0.4, 0.5) is 0 Å². The summed E-state index contributed by atoms with van der Waals surface area (Å²) in [4.78, 5) is 0. The van der Waals surface area contributed by atoms with Crippen LogP contribution in [0.2, 0.25) is 0 Å². The minimum absolute atomic E-state index is 0.0828. The van der Waals surface area contributed by atoms with E-state index in [1.165, 1.54) is 32.1 Å². The van der Waals surface area contributed by atoms with Crippen LogP contribution in [0.25, 0.3) is 0 Å². The van der Waals surface area contributed by atoms with Crippen molar-refractivity contribution in [1.29, 1.82) is 0 Å². The van der Waals surface area contributed by atoms with Gasteiger partial charge in [0.1, 0.15) is 0 Å².